The molecule has 0 spiro atoms. The molecule has 152 valence electrons. The number of nitrogens with zero attached hydrogens (tertiary/aromatic N) is 2. The van der Waals surface area contributed by atoms with Gasteiger partial charge in [0.25, 0.3) is 5.56 Å². The van der Waals surface area contributed by atoms with E-state index in [4.69, 9.17) is 20.2 Å². The van der Waals surface area contributed by atoms with E-state index < -0.39 is 24.1 Å². The van der Waals surface area contributed by atoms with Crippen LogP contribution in [-0.2, 0) is 32.2 Å². The zero-order valence-corrected chi connectivity index (χ0v) is 16.6. The molecule has 0 saturated heterocycles. The molecule has 9 heteroatoms. The van der Waals surface area contributed by atoms with E-state index in [0.717, 1.165) is 16.5 Å². The van der Waals surface area contributed by atoms with Gasteiger partial charge in [-0.25, -0.2) is 9.78 Å². The predicted octanol–water partition coefficient (Wildman–Crippen LogP) is 1.32. The van der Waals surface area contributed by atoms with Gasteiger partial charge in [0, 0.05) is 22.3 Å². The number of nitrogens with two attached hydrogens (primary N) is 1. The Kier molecular flexibility index (Phi) is 4.37. The Balaban J connectivity index is 1.65. The van der Waals surface area contributed by atoms with Crippen LogP contribution in [0.25, 0.3) is 22.3 Å². The van der Waals surface area contributed by atoms with Crippen molar-refractivity contribution in [3.8, 4) is 11.4 Å². The van der Waals surface area contributed by atoms with E-state index in [1.807, 2.05) is 30.3 Å². The molecule has 8 nitrogen and oxygen atoms in total. The van der Waals surface area contributed by atoms with Crippen LogP contribution in [0.3, 0.4) is 0 Å². The van der Waals surface area contributed by atoms with Crippen molar-refractivity contribution in [2.45, 2.75) is 25.3 Å². The number of carbonyl (C=O) groups excluding carboxylic acids is 2. The van der Waals surface area contributed by atoms with Gasteiger partial charge in [-0.05, 0) is 18.2 Å². The van der Waals surface area contributed by atoms with Crippen LogP contribution in [-0.4, -0.2) is 33.3 Å². The summed E-state index contributed by atoms with van der Waals surface area (Å²) in [6.07, 6.45) is -1.35. The molecule has 0 aliphatic carbocycles. The Hall–Kier alpha value is -3.17. The van der Waals surface area contributed by atoms with Crippen molar-refractivity contribution in [1.82, 2.24) is 9.55 Å². The molecule has 2 aliphatic heterocycles. The third kappa shape index (κ3) is 2.81. The highest BCUT2D eigenvalue weighted by atomic mass is 32.1. The first-order valence-corrected chi connectivity index (χ1v) is 10.0. The Morgan fingerprint density at radius 1 is 1.33 bits per heavy atom. The third-order valence-corrected chi connectivity index (χ3v) is 5.79. The van der Waals surface area contributed by atoms with Gasteiger partial charge in [-0.2, -0.15) is 12.6 Å². The number of pyridine rings is 2. The molecule has 5 rings (SSSR count). The van der Waals surface area contributed by atoms with E-state index in [-0.39, 0.29) is 23.5 Å². The van der Waals surface area contributed by atoms with E-state index in [9.17, 15) is 14.4 Å². The number of rotatable bonds is 3. The smallest absolute Gasteiger partial charge is 0.352 e. The molecule has 0 fully saturated rings. The van der Waals surface area contributed by atoms with Gasteiger partial charge in [-0.1, -0.05) is 18.2 Å². The lowest BCUT2D eigenvalue weighted by atomic mass is 10.00. The number of esters is 2. The zero-order chi connectivity index (χ0) is 21.0. The van der Waals surface area contributed by atoms with Gasteiger partial charge in [0.05, 0.1) is 29.0 Å². The van der Waals surface area contributed by atoms with Crippen molar-refractivity contribution >= 4 is 35.5 Å². The molecule has 0 saturated carbocycles. The number of hydrogen-bond acceptors (Lipinski definition) is 8. The highest BCUT2D eigenvalue weighted by Crippen LogP contribution is 2.36. The number of thiol groups is 1. The molecule has 2 N–H and O–H groups in total. The number of cyclic esters (lactones) is 1. The molecule has 1 aromatic carbocycles. The molecule has 1 unspecified atom stereocenters. The average Bonchev–Trinajstić information content (AvgIpc) is 3.11. The largest absolute Gasteiger partial charge is 0.458 e. The second-order valence-corrected chi connectivity index (χ2v) is 7.62. The minimum absolute atomic E-state index is 0.0602. The Labute approximate surface area is 176 Å². The van der Waals surface area contributed by atoms with Crippen LogP contribution in [0, 0.1) is 0 Å². The van der Waals surface area contributed by atoms with E-state index >= 15 is 0 Å². The van der Waals surface area contributed by atoms with Crippen LogP contribution >= 0.6 is 12.6 Å². The van der Waals surface area contributed by atoms with Gasteiger partial charge in [0.2, 0.25) is 6.10 Å². The van der Waals surface area contributed by atoms with Crippen molar-refractivity contribution in [3.05, 3.63) is 63.4 Å². The summed E-state index contributed by atoms with van der Waals surface area (Å²) >= 11 is 3.98. The Bertz CT molecular complexity index is 1290. The number of fused-ring (bicyclic) bond motifs is 5. The summed E-state index contributed by atoms with van der Waals surface area (Å²) in [6.45, 7) is 0.198. The molecule has 2 atom stereocenters. The Morgan fingerprint density at radius 2 is 2.13 bits per heavy atom. The number of carbonyl (C=O) groups is 2. The average molecular weight is 423 g/mol. The van der Waals surface area contributed by atoms with Gasteiger partial charge >= 0.3 is 11.9 Å². The summed E-state index contributed by atoms with van der Waals surface area (Å²) in [5.41, 5.74) is 8.92. The Morgan fingerprint density at radius 3 is 2.93 bits per heavy atom. The number of hydrogen-bond donors (Lipinski definition) is 2. The molecular weight excluding hydrogens is 406 g/mol. The summed E-state index contributed by atoms with van der Waals surface area (Å²) in [6, 6.07) is 10.4. The van der Waals surface area contributed by atoms with Crippen molar-refractivity contribution in [2.75, 3.05) is 5.75 Å². The first-order valence-electron chi connectivity index (χ1n) is 9.37. The zero-order valence-electron chi connectivity index (χ0n) is 15.7. The van der Waals surface area contributed by atoms with E-state index in [1.54, 1.807) is 10.6 Å². The first-order chi connectivity index (χ1) is 14.5. The van der Waals surface area contributed by atoms with Crippen molar-refractivity contribution in [1.29, 1.82) is 0 Å². The molecule has 3 aromatic rings. The van der Waals surface area contributed by atoms with Crippen LogP contribution in [0.15, 0.2) is 41.2 Å². The summed E-state index contributed by atoms with van der Waals surface area (Å²) in [5.74, 6) is -1.47. The molecule has 2 aliphatic rings. The molecule has 2 aromatic heterocycles. The molecular formula is C21H17N3O5S. The maximum atomic E-state index is 13.2. The van der Waals surface area contributed by atoms with Gasteiger partial charge in [-0.3, -0.25) is 9.59 Å². The fourth-order valence-corrected chi connectivity index (χ4v) is 4.00. The van der Waals surface area contributed by atoms with Crippen molar-refractivity contribution < 1.29 is 19.1 Å². The highest BCUT2D eigenvalue weighted by Gasteiger charge is 2.38. The minimum atomic E-state index is -1.35. The van der Waals surface area contributed by atoms with Crippen LogP contribution in [0.2, 0.25) is 0 Å². The summed E-state index contributed by atoms with van der Waals surface area (Å²) in [4.78, 5) is 42.4. The second-order valence-electron chi connectivity index (χ2n) is 7.26. The van der Waals surface area contributed by atoms with Crippen LogP contribution in [0.4, 0.5) is 0 Å². The van der Waals surface area contributed by atoms with E-state index in [2.05, 4.69) is 12.6 Å². The second kappa shape index (κ2) is 6.96. The fourth-order valence-electron chi connectivity index (χ4n) is 3.85. The summed E-state index contributed by atoms with van der Waals surface area (Å²) in [5, 5.41) is 0.980. The third-order valence-electron chi connectivity index (χ3n) is 5.40. The lowest BCUT2D eigenvalue weighted by Gasteiger charge is -2.25. The summed E-state index contributed by atoms with van der Waals surface area (Å²) < 4.78 is 12.0. The van der Waals surface area contributed by atoms with Crippen LogP contribution in [0.5, 0.6) is 0 Å². The van der Waals surface area contributed by atoms with Crippen molar-refractivity contribution in [3.63, 3.8) is 0 Å². The van der Waals surface area contributed by atoms with Gasteiger partial charge < -0.3 is 19.8 Å². The lowest BCUT2D eigenvalue weighted by Crippen LogP contribution is -2.39. The molecule has 30 heavy (non-hydrogen) atoms. The molecule has 0 amide bonds. The normalized spacial score (nSPS) is 17.7. The SMILES string of the molecule is NC(CS)C(=O)O[C@@H]1C(=O)OCc2c1cc1n(c2=O)Cc2cc3ccccc3nc2-1. The van der Waals surface area contributed by atoms with E-state index in [0.29, 0.717) is 23.5 Å². The molecule has 0 radical (unpaired) electrons. The van der Waals surface area contributed by atoms with Gasteiger partial charge in [0.15, 0.2) is 0 Å². The lowest BCUT2D eigenvalue weighted by molar-refractivity contribution is -0.172. The minimum Gasteiger partial charge on any atom is -0.458 e. The van der Waals surface area contributed by atoms with Crippen LogP contribution in [0.1, 0.15) is 22.8 Å². The number of benzene rings is 1. The quantitative estimate of drug-likeness (QED) is 0.377. The number of aromatic nitrogens is 2. The highest BCUT2D eigenvalue weighted by molar-refractivity contribution is 7.80. The predicted molar refractivity (Wildman–Crippen MR) is 111 cm³/mol. The number of para-hydroxylation sites is 1. The van der Waals surface area contributed by atoms with Gasteiger partial charge in [0.1, 0.15) is 12.6 Å². The maximum Gasteiger partial charge on any atom is 0.352 e. The monoisotopic (exact) mass is 423 g/mol. The van der Waals surface area contributed by atoms with Crippen LogP contribution < -0.4 is 11.3 Å². The fraction of sp³-hybridized carbons (Fsp3) is 0.238. The summed E-state index contributed by atoms with van der Waals surface area (Å²) in [7, 11) is 0. The molecule has 4 heterocycles. The first kappa shape index (κ1) is 18.8. The maximum absolute atomic E-state index is 13.2. The number of ether oxygens (including phenoxy) is 2. The van der Waals surface area contributed by atoms with E-state index in [1.165, 1.54) is 0 Å². The topological polar surface area (TPSA) is 114 Å². The van der Waals surface area contributed by atoms with Gasteiger partial charge in [-0.15, -0.1) is 0 Å². The standard InChI is InChI=1S/C21H17N3O5S/c22-14(9-30)20(26)29-18-12-6-16-17-11(5-10-3-1-2-4-15(10)23-17)7-24(16)19(25)13(12)8-28-21(18)27/h1-6,14,18,30H,7-9,22H2/t14?,18-/m0/s1. The van der Waals surface area contributed by atoms with Crippen molar-refractivity contribution in [2.24, 2.45) is 5.73 Å². The molecule has 0 bridgehead atoms.